The van der Waals surface area contributed by atoms with Crippen LogP contribution in [0.3, 0.4) is 0 Å². The van der Waals surface area contributed by atoms with Crippen LogP contribution in [0.4, 0.5) is 8.78 Å². The summed E-state index contributed by atoms with van der Waals surface area (Å²) in [6.45, 7) is 0. The number of benzene rings is 2. The van der Waals surface area contributed by atoms with E-state index in [0.717, 1.165) is 6.07 Å². The number of halogens is 2. The van der Waals surface area contributed by atoms with Crippen molar-refractivity contribution in [3.8, 4) is 11.1 Å². The highest BCUT2D eigenvalue weighted by Crippen LogP contribution is 2.28. The molecule has 170 valence electrons. The normalized spacial score (nSPS) is 12.2. The Balaban J connectivity index is 1.81. The lowest BCUT2D eigenvalue weighted by Gasteiger charge is -2.07. The van der Waals surface area contributed by atoms with Crippen LogP contribution in [0.25, 0.3) is 22.2 Å². The highest BCUT2D eigenvalue weighted by atomic mass is 32.2. The van der Waals surface area contributed by atoms with Crippen molar-refractivity contribution in [1.82, 2.24) is 15.2 Å². The third-order valence-electron chi connectivity index (χ3n) is 4.82. The van der Waals surface area contributed by atoms with Gasteiger partial charge in [0.1, 0.15) is 16.4 Å². The van der Waals surface area contributed by atoms with E-state index in [2.05, 4.69) is 15.2 Å². The zero-order valence-corrected chi connectivity index (χ0v) is 18.3. The number of nitrogens with zero attached hydrogens (tertiary/aromatic N) is 2. The molecule has 0 aliphatic rings. The van der Waals surface area contributed by atoms with Gasteiger partial charge in [-0.1, -0.05) is 12.1 Å². The van der Waals surface area contributed by atoms with E-state index in [-0.39, 0.29) is 21.6 Å². The molecule has 4 rings (SSSR count). The molecule has 3 N–H and O–H groups in total. The number of ketones is 1. The van der Waals surface area contributed by atoms with Crippen LogP contribution in [0.1, 0.15) is 16.1 Å². The minimum absolute atomic E-state index is 0.0899. The maximum absolute atomic E-state index is 14.8. The number of hydrogen-bond donors (Lipinski definition) is 2. The monoisotopic (exact) mass is 492 g/mol. The fourth-order valence-electron chi connectivity index (χ4n) is 3.25. The lowest BCUT2D eigenvalue weighted by Crippen LogP contribution is -2.12. The second-order valence-corrected chi connectivity index (χ2v) is 10.6. The third kappa shape index (κ3) is 4.13. The Bertz CT molecular complexity index is 1650. The molecule has 0 amide bonds. The average molecular weight is 492 g/mol. The molecular formula is C20H14F2N4O5S2. The smallest absolute Gasteiger partial charge is 0.238 e. The number of aromatic amines is 1. The topological polar surface area (TPSA) is 153 Å². The number of pyridine rings is 1. The number of aromatic nitrogens is 3. The summed E-state index contributed by atoms with van der Waals surface area (Å²) in [7, 11) is -8.16. The Hall–Kier alpha value is -3.55. The van der Waals surface area contributed by atoms with Crippen LogP contribution in [-0.2, 0) is 19.9 Å². The van der Waals surface area contributed by atoms with Gasteiger partial charge in [-0.15, -0.1) is 0 Å². The predicted molar refractivity (Wildman–Crippen MR) is 114 cm³/mol. The molecule has 0 bridgehead atoms. The van der Waals surface area contributed by atoms with Crippen LogP contribution in [-0.4, -0.2) is 44.1 Å². The van der Waals surface area contributed by atoms with Crippen LogP contribution in [0.15, 0.2) is 58.5 Å². The number of sulfonamides is 1. The van der Waals surface area contributed by atoms with Gasteiger partial charge in [-0.2, -0.15) is 5.10 Å². The van der Waals surface area contributed by atoms with Crippen molar-refractivity contribution < 1.29 is 30.4 Å². The van der Waals surface area contributed by atoms with Crippen molar-refractivity contribution in [2.24, 2.45) is 5.14 Å². The van der Waals surface area contributed by atoms with Gasteiger partial charge in [0.25, 0.3) is 0 Å². The number of fused-ring (bicyclic) bond motifs is 1. The number of hydrogen-bond acceptors (Lipinski definition) is 7. The summed E-state index contributed by atoms with van der Waals surface area (Å²) in [5, 5.41) is 11.6. The van der Waals surface area contributed by atoms with E-state index in [1.807, 2.05) is 0 Å². The second kappa shape index (κ2) is 7.79. The third-order valence-corrected chi connectivity index (χ3v) is 6.86. The van der Waals surface area contributed by atoms with Crippen LogP contribution >= 0.6 is 0 Å². The highest BCUT2D eigenvalue weighted by molar-refractivity contribution is 7.90. The van der Waals surface area contributed by atoms with E-state index in [0.29, 0.717) is 23.4 Å². The summed E-state index contributed by atoms with van der Waals surface area (Å²) in [6, 6.07) is 8.64. The Kier molecular flexibility index (Phi) is 5.35. The summed E-state index contributed by atoms with van der Waals surface area (Å²) in [4.78, 5) is 15.8. The molecule has 0 spiro atoms. The summed E-state index contributed by atoms with van der Waals surface area (Å²) >= 11 is 0. The van der Waals surface area contributed by atoms with E-state index in [1.54, 1.807) is 0 Å². The van der Waals surface area contributed by atoms with Crippen molar-refractivity contribution in [2.75, 3.05) is 6.26 Å². The Labute approximate surface area is 186 Å². The van der Waals surface area contributed by atoms with Crippen molar-refractivity contribution in [3.63, 3.8) is 0 Å². The Morgan fingerprint density at radius 1 is 1.00 bits per heavy atom. The first-order valence-corrected chi connectivity index (χ1v) is 12.5. The number of carbonyl (C=O) groups excluding carboxylic acids is 1. The van der Waals surface area contributed by atoms with Gasteiger partial charge >= 0.3 is 0 Å². The van der Waals surface area contributed by atoms with Gasteiger partial charge in [0, 0.05) is 18.0 Å². The molecule has 9 nitrogen and oxygen atoms in total. The number of sulfone groups is 1. The first kappa shape index (κ1) is 22.6. The first-order chi connectivity index (χ1) is 15.4. The van der Waals surface area contributed by atoms with Crippen LogP contribution in [0.2, 0.25) is 0 Å². The maximum Gasteiger partial charge on any atom is 0.238 e. The average Bonchev–Trinajstić information content (AvgIpc) is 3.15. The van der Waals surface area contributed by atoms with E-state index in [1.165, 1.54) is 36.5 Å². The lowest BCUT2D eigenvalue weighted by molar-refractivity contribution is 0.103. The van der Waals surface area contributed by atoms with Crippen LogP contribution in [0.5, 0.6) is 0 Å². The van der Waals surface area contributed by atoms with E-state index >= 15 is 0 Å². The maximum atomic E-state index is 14.8. The number of nitrogens with one attached hydrogen (secondary N) is 1. The minimum atomic E-state index is -4.28. The number of H-pyrrole nitrogens is 1. The zero-order valence-electron chi connectivity index (χ0n) is 16.7. The van der Waals surface area contributed by atoms with Gasteiger partial charge in [-0.3, -0.25) is 9.89 Å². The van der Waals surface area contributed by atoms with Gasteiger partial charge in [0.2, 0.25) is 15.8 Å². The summed E-state index contributed by atoms with van der Waals surface area (Å²) in [5.74, 6) is -3.77. The fraction of sp³-hybridized carbons (Fsp3) is 0.0500. The minimum Gasteiger partial charge on any atom is -0.287 e. The number of nitrogens with two attached hydrogens (primary N) is 1. The molecule has 0 radical (unpaired) electrons. The molecular weight excluding hydrogens is 478 g/mol. The molecule has 4 aromatic rings. The lowest BCUT2D eigenvalue weighted by atomic mass is 10.0. The summed E-state index contributed by atoms with van der Waals surface area (Å²) < 4.78 is 75.1. The molecule has 2 heterocycles. The summed E-state index contributed by atoms with van der Waals surface area (Å²) in [6.07, 6.45) is 2.06. The van der Waals surface area contributed by atoms with Gasteiger partial charge in [-0.25, -0.2) is 35.7 Å². The zero-order chi connectivity index (χ0) is 24.1. The van der Waals surface area contributed by atoms with Crippen LogP contribution in [0, 0.1) is 11.6 Å². The molecule has 0 atom stereocenters. The van der Waals surface area contributed by atoms with Crippen molar-refractivity contribution in [1.29, 1.82) is 0 Å². The van der Waals surface area contributed by atoms with Gasteiger partial charge in [-0.05, 0) is 35.9 Å². The van der Waals surface area contributed by atoms with Crippen molar-refractivity contribution in [3.05, 3.63) is 71.6 Å². The SMILES string of the molecule is CS(=O)(=O)c1c(F)ccc(C(=O)c2[nH]nc3ncc(-c4ccc(S(N)(=O)=O)cc4)cc23)c1F. The Morgan fingerprint density at radius 3 is 2.27 bits per heavy atom. The number of primary sulfonamides is 1. The quantitative estimate of drug-likeness (QED) is 0.405. The molecule has 2 aromatic heterocycles. The van der Waals surface area contributed by atoms with Crippen molar-refractivity contribution >= 4 is 36.7 Å². The molecule has 0 aliphatic carbocycles. The van der Waals surface area contributed by atoms with Crippen molar-refractivity contribution in [2.45, 2.75) is 9.79 Å². The standard InChI is InChI=1S/C20H14F2N4O5S2/c1-32(28,29)19-15(21)7-6-13(16(19)22)18(27)17-14-8-11(9-24-20(14)26-25-17)10-2-4-12(5-3-10)33(23,30)31/h2-9H,1H3,(H2,23,30,31)(H,24,25,26). The van der Waals surface area contributed by atoms with Gasteiger partial charge < -0.3 is 0 Å². The fourth-order valence-corrected chi connectivity index (χ4v) is 4.62. The first-order valence-electron chi connectivity index (χ1n) is 9.08. The molecule has 33 heavy (non-hydrogen) atoms. The highest BCUT2D eigenvalue weighted by Gasteiger charge is 2.27. The molecule has 0 aliphatic heterocycles. The van der Waals surface area contributed by atoms with E-state index in [9.17, 15) is 30.4 Å². The van der Waals surface area contributed by atoms with Gasteiger partial charge in [0.15, 0.2) is 21.3 Å². The predicted octanol–water partition coefficient (Wildman–Crippen LogP) is 2.19. The van der Waals surface area contributed by atoms with E-state index in [4.69, 9.17) is 5.14 Å². The number of rotatable bonds is 5. The number of carbonyl (C=O) groups is 1. The molecule has 0 fully saturated rings. The van der Waals surface area contributed by atoms with E-state index < -0.39 is 47.7 Å². The largest absolute Gasteiger partial charge is 0.287 e. The second-order valence-electron chi connectivity index (χ2n) is 7.10. The molecule has 0 unspecified atom stereocenters. The molecule has 0 saturated heterocycles. The molecule has 2 aromatic carbocycles. The summed E-state index contributed by atoms with van der Waals surface area (Å²) in [5.41, 5.74) is 0.295. The Morgan fingerprint density at radius 2 is 1.67 bits per heavy atom. The van der Waals surface area contributed by atoms with Gasteiger partial charge in [0.05, 0.1) is 15.8 Å². The van der Waals surface area contributed by atoms with Crippen LogP contribution < -0.4 is 5.14 Å². The molecule has 13 heteroatoms. The molecule has 0 saturated carbocycles.